The van der Waals surface area contributed by atoms with Gasteiger partial charge in [0, 0.05) is 0 Å². The Morgan fingerprint density at radius 1 is 1.17 bits per heavy atom. The van der Waals surface area contributed by atoms with Gasteiger partial charge in [0.1, 0.15) is 5.01 Å². The van der Waals surface area contributed by atoms with E-state index in [-0.39, 0.29) is 12.1 Å². The number of rotatable bonds is 5. The standard InChI is InChI=1S/C15H20N4O3S/c1-8-6-12(21-4)13(22-5)7-11(8)9(2)16-14(20)17-15-19-18-10(3)23-15/h6-7,9H,1-5H3,(H2,16,17,19,20)/t9-/m0/s1. The van der Waals surface area contributed by atoms with Crippen molar-refractivity contribution in [2.24, 2.45) is 0 Å². The van der Waals surface area contributed by atoms with Gasteiger partial charge in [-0.3, -0.25) is 5.32 Å². The molecule has 124 valence electrons. The normalized spacial score (nSPS) is 11.7. The third-order valence-electron chi connectivity index (χ3n) is 3.33. The first-order valence-electron chi connectivity index (χ1n) is 7.04. The molecule has 1 atom stereocenters. The van der Waals surface area contributed by atoms with Crippen LogP contribution in [0, 0.1) is 13.8 Å². The molecule has 2 rings (SSSR count). The monoisotopic (exact) mass is 336 g/mol. The van der Waals surface area contributed by atoms with E-state index in [0.717, 1.165) is 16.1 Å². The maximum absolute atomic E-state index is 12.1. The predicted molar refractivity (Wildman–Crippen MR) is 89.5 cm³/mol. The molecule has 1 aromatic heterocycles. The van der Waals surface area contributed by atoms with E-state index < -0.39 is 0 Å². The van der Waals surface area contributed by atoms with Gasteiger partial charge in [0.2, 0.25) is 5.13 Å². The van der Waals surface area contributed by atoms with Crippen LogP contribution in [-0.2, 0) is 0 Å². The summed E-state index contributed by atoms with van der Waals surface area (Å²) in [5.74, 6) is 1.29. The number of ether oxygens (including phenoxy) is 2. The summed E-state index contributed by atoms with van der Waals surface area (Å²) in [6.07, 6.45) is 0. The number of benzene rings is 1. The summed E-state index contributed by atoms with van der Waals surface area (Å²) in [5.41, 5.74) is 1.95. The number of nitrogens with zero attached hydrogens (tertiary/aromatic N) is 2. The van der Waals surface area contributed by atoms with Crippen molar-refractivity contribution in [2.75, 3.05) is 19.5 Å². The minimum Gasteiger partial charge on any atom is -0.493 e. The second-order valence-corrected chi connectivity index (χ2v) is 6.19. The Kier molecular flexibility index (Phi) is 5.38. The van der Waals surface area contributed by atoms with Gasteiger partial charge in [-0.2, -0.15) is 0 Å². The van der Waals surface area contributed by atoms with Crippen LogP contribution < -0.4 is 20.1 Å². The zero-order valence-corrected chi connectivity index (χ0v) is 14.6. The third kappa shape index (κ3) is 4.10. The van der Waals surface area contributed by atoms with E-state index in [0.29, 0.717) is 16.6 Å². The number of methoxy groups -OCH3 is 2. The van der Waals surface area contributed by atoms with Crippen molar-refractivity contribution in [1.29, 1.82) is 0 Å². The zero-order valence-electron chi connectivity index (χ0n) is 13.8. The van der Waals surface area contributed by atoms with Gasteiger partial charge in [-0.25, -0.2) is 4.79 Å². The molecule has 2 N–H and O–H groups in total. The van der Waals surface area contributed by atoms with E-state index in [4.69, 9.17) is 9.47 Å². The first kappa shape index (κ1) is 17.0. The van der Waals surface area contributed by atoms with E-state index in [1.54, 1.807) is 14.2 Å². The lowest BCUT2D eigenvalue weighted by molar-refractivity contribution is 0.249. The Bertz CT molecular complexity index is 702. The summed E-state index contributed by atoms with van der Waals surface area (Å²) < 4.78 is 10.6. The fourth-order valence-corrected chi connectivity index (χ4v) is 2.80. The Labute approximate surface area is 139 Å². The lowest BCUT2D eigenvalue weighted by Gasteiger charge is -2.19. The van der Waals surface area contributed by atoms with Crippen LogP contribution in [0.2, 0.25) is 0 Å². The van der Waals surface area contributed by atoms with Crippen LogP contribution in [-0.4, -0.2) is 30.4 Å². The number of nitrogens with one attached hydrogen (secondary N) is 2. The Morgan fingerprint density at radius 2 is 1.83 bits per heavy atom. The molecule has 1 aromatic carbocycles. The number of aryl methyl sites for hydroxylation is 2. The molecule has 7 nitrogen and oxygen atoms in total. The smallest absolute Gasteiger partial charge is 0.321 e. The van der Waals surface area contributed by atoms with Crippen molar-refractivity contribution >= 4 is 22.5 Å². The lowest BCUT2D eigenvalue weighted by Crippen LogP contribution is -2.31. The van der Waals surface area contributed by atoms with Crippen LogP contribution in [0.1, 0.15) is 29.1 Å². The average molecular weight is 336 g/mol. The molecule has 0 aliphatic carbocycles. The molecule has 0 saturated carbocycles. The van der Waals surface area contributed by atoms with Crippen LogP contribution in [0.25, 0.3) is 0 Å². The van der Waals surface area contributed by atoms with E-state index in [2.05, 4.69) is 20.8 Å². The van der Waals surface area contributed by atoms with Gasteiger partial charge in [-0.05, 0) is 44.0 Å². The molecule has 0 aliphatic rings. The Balaban J connectivity index is 2.10. The summed E-state index contributed by atoms with van der Waals surface area (Å²) in [7, 11) is 3.18. The van der Waals surface area contributed by atoms with E-state index in [9.17, 15) is 4.79 Å². The molecule has 0 spiro atoms. The van der Waals surface area contributed by atoms with E-state index in [1.165, 1.54) is 11.3 Å². The van der Waals surface area contributed by atoms with Gasteiger partial charge in [0.25, 0.3) is 0 Å². The molecule has 1 heterocycles. The molecule has 0 aliphatic heterocycles. The maximum Gasteiger partial charge on any atom is 0.321 e. The molecule has 2 aromatic rings. The number of carbonyl (C=O) groups is 1. The zero-order chi connectivity index (χ0) is 17.0. The van der Waals surface area contributed by atoms with Crippen molar-refractivity contribution in [1.82, 2.24) is 15.5 Å². The van der Waals surface area contributed by atoms with Gasteiger partial charge < -0.3 is 14.8 Å². The second kappa shape index (κ2) is 7.28. The second-order valence-electron chi connectivity index (χ2n) is 5.01. The van der Waals surface area contributed by atoms with Crippen molar-refractivity contribution in [3.8, 4) is 11.5 Å². The number of hydrogen-bond donors (Lipinski definition) is 2. The fraction of sp³-hybridized carbons (Fsp3) is 0.400. The van der Waals surface area contributed by atoms with Gasteiger partial charge in [-0.1, -0.05) is 11.3 Å². The summed E-state index contributed by atoms with van der Waals surface area (Å²) in [5, 5.41) is 14.5. The van der Waals surface area contributed by atoms with Crippen molar-refractivity contribution < 1.29 is 14.3 Å². The highest BCUT2D eigenvalue weighted by Crippen LogP contribution is 2.32. The summed E-state index contributed by atoms with van der Waals surface area (Å²) in [4.78, 5) is 12.1. The van der Waals surface area contributed by atoms with Crippen molar-refractivity contribution in [3.05, 3.63) is 28.3 Å². The first-order valence-corrected chi connectivity index (χ1v) is 7.86. The molecule has 8 heteroatoms. The average Bonchev–Trinajstić information content (AvgIpc) is 2.91. The number of aromatic nitrogens is 2. The molecule has 23 heavy (non-hydrogen) atoms. The van der Waals surface area contributed by atoms with Crippen LogP contribution in [0.15, 0.2) is 12.1 Å². The van der Waals surface area contributed by atoms with Crippen molar-refractivity contribution in [2.45, 2.75) is 26.8 Å². The largest absolute Gasteiger partial charge is 0.493 e. The topological polar surface area (TPSA) is 85.4 Å². The third-order valence-corrected chi connectivity index (χ3v) is 4.09. The highest BCUT2D eigenvalue weighted by atomic mass is 32.1. The highest BCUT2D eigenvalue weighted by Gasteiger charge is 2.16. The Morgan fingerprint density at radius 3 is 2.39 bits per heavy atom. The SMILES string of the molecule is COc1cc(C)c([C@H](C)NC(=O)Nc2nnc(C)s2)cc1OC. The highest BCUT2D eigenvalue weighted by molar-refractivity contribution is 7.15. The number of carbonyl (C=O) groups excluding carboxylic acids is 1. The number of anilines is 1. The van der Waals surface area contributed by atoms with Crippen LogP contribution in [0.3, 0.4) is 0 Å². The van der Waals surface area contributed by atoms with Gasteiger partial charge in [0.05, 0.1) is 20.3 Å². The Hall–Kier alpha value is -2.35. The van der Waals surface area contributed by atoms with Gasteiger partial charge in [0.15, 0.2) is 11.5 Å². The summed E-state index contributed by atoms with van der Waals surface area (Å²) >= 11 is 1.32. The van der Waals surface area contributed by atoms with Gasteiger partial charge in [-0.15, -0.1) is 10.2 Å². The molecule has 0 saturated heterocycles. The molecular formula is C15H20N4O3S. The molecule has 0 radical (unpaired) electrons. The minimum absolute atomic E-state index is 0.205. The number of amides is 2. The predicted octanol–water partition coefficient (Wildman–Crippen LogP) is 3.05. The first-order chi connectivity index (χ1) is 10.9. The van der Waals surface area contributed by atoms with Crippen molar-refractivity contribution in [3.63, 3.8) is 0 Å². The van der Waals surface area contributed by atoms with Crippen LogP contribution >= 0.6 is 11.3 Å². The van der Waals surface area contributed by atoms with Gasteiger partial charge >= 0.3 is 6.03 Å². The quantitative estimate of drug-likeness (QED) is 0.876. The van der Waals surface area contributed by atoms with Crippen LogP contribution in [0.5, 0.6) is 11.5 Å². The maximum atomic E-state index is 12.1. The van der Waals surface area contributed by atoms with E-state index in [1.807, 2.05) is 32.9 Å². The molecule has 0 fully saturated rings. The number of urea groups is 1. The molecule has 2 amide bonds. The fourth-order valence-electron chi connectivity index (χ4n) is 2.22. The lowest BCUT2D eigenvalue weighted by atomic mass is 10.0. The molecule has 0 unspecified atom stereocenters. The molecule has 0 bridgehead atoms. The number of hydrogen-bond acceptors (Lipinski definition) is 6. The van der Waals surface area contributed by atoms with Crippen LogP contribution in [0.4, 0.5) is 9.93 Å². The van der Waals surface area contributed by atoms with E-state index >= 15 is 0 Å². The molecular weight excluding hydrogens is 316 g/mol. The summed E-state index contributed by atoms with van der Waals surface area (Å²) in [6.45, 7) is 5.69. The summed E-state index contributed by atoms with van der Waals surface area (Å²) in [6, 6.07) is 3.22. The minimum atomic E-state index is -0.331.